The minimum absolute atomic E-state index is 0.523. The van der Waals surface area contributed by atoms with Gasteiger partial charge in [-0.1, -0.05) is 19.8 Å². The molecule has 1 aromatic heterocycles. The molecule has 0 spiro atoms. The van der Waals surface area contributed by atoms with Gasteiger partial charge < -0.3 is 11.2 Å². The van der Waals surface area contributed by atoms with E-state index < -0.39 is 0 Å². The quantitative estimate of drug-likeness (QED) is 0.874. The van der Waals surface area contributed by atoms with Gasteiger partial charge in [-0.3, -0.25) is 0 Å². The van der Waals surface area contributed by atoms with Gasteiger partial charge in [-0.05, 0) is 33.1 Å². The topological polar surface area (TPSA) is 67.1 Å². The van der Waals surface area contributed by atoms with Crippen LogP contribution in [0, 0.1) is 0 Å². The van der Waals surface area contributed by atoms with Crippen LogP contribution in [0.5, 0.6) is 0 Å². The molecule has 0 bridgehead atoms. The molecule has 0 aliphatic carbocycles. The van der Waals surface area contributed by atoms with Gasteiger partial charge in [-0.25, -0.2) is 15.0 Å². The smallest absolute Gasteiger partial charge is 0.149 e. The van der Waals surface area contributed by atoms with Crippen molar-refractivity contribution in [3.05, 3.63) is 11.9 Å². The van der Waals surface area contributed by atoms with E-state index in [1.54, 1.807) is 0 Å². The zero-order valence-electron chi connectivity index (χ0n) is 12.2. The summed E-state index contributed by atoms with van der Waals surface area (Å²) in [7, 11) is 0. The number of hydrazine groups is 1. The van der Waals surface area contributed by atoms with Crippen molar-refractivity contribution in [3.8, 4) is 0 Å². The van der Waals surface area contributed by atoms with Gasteiger partial charge in [0.2, 0.25) is 0 Å². The summed E-state index contributed by atoms with van der Waals surface area (Å²) in [6, 6.07) is 1.05. The van der Waals surface area contributed by atoms with E-state index in [0.29, 0.717) is 17.9 Å². The van der Waals surface area contributed by atoms with Gasteiger partial charge >= 0.3 is 0 Å². The summed E-state index contributed by atoms with van der Waals surface area (Å²) in [6.07, 6.45) is 7.23. The first-order valence-electron chi connectivity index (χ1n) is 7.27. The van der Waals surface area contributed by atoms with Crippen LogP contribution in [0.15, 0.2) is 6.33 Å². The lowest BCUT2D eigenvalue weighted by Gasteiger charge is -2.39. The fourth-order valence-corrected chi connectivity index (χ4v) is 2.78. The Bertz CT molecular complexity index is 410. The Morgan fingerprint density at radius 2 is 2.00 bits per heavy atom. The maximum absolute atomic E-state index is 5.97. The largest absolute Gasteiger partial charge is 0.383 e. The highest BCUT2D eigenvalue weighted by Crippen LogP contribution is 2.25. The molecule has 106 valence electrons. The third-order valence-electron chi connectivity index (χ3n) is 3.91. The summed E-state index contributed by atoms with van der Waals surface area (Å²) in [6.45, 7) is 6.65. The lowest BCUT2D eigenvalue weighted by atomic mass is 10.00. The second-order valence-corrected chi connectivity index (χ2v) is 5.48. The number of aromatic nitrogens is 2. The number of hydrogen-bond acceptors (Lipinski definition) is 5. The van der Waals surface area contributed by atoms with E-state index in [4.69, 9.17) is 5.73 Å². The second kappa shape index (κ2) is 6.19. The van der Waals surface area contributed by atoms with Crippen molar-refractivity contribution in [2.75, 3.05) is 11.2 Å². The molecule has 0 saturated carbocycles. The molecule has 2 unspecified atom stereocenters. The average molecular weight is 263 g/mol. The highest BCUT2D eigenvalue weighted by molar-refractivity contribution is 5.54. The molecule has 1 aliphatic heterocycles. The molecule has 2 rings (SSSR count). The predicted molar refractivity (Wildman–Crippen MR) is 78.7 cm³/mol. The highest BCUT2D eigenvalue weighted by Gasteiger charge is 2.25. The Morgan fingerprint density at radius 3 is 2.63 bits per heavy atom. The molecule has 5 nitrogen and oxygen atoms in total. The molecule has 0 amide bonds. The Hall–Kier alpha value is -1.36. The molecule has 3 N–H and O–H groups in total. The lowest BCUT2D eigenvalue weighted by molar-refractivity contribution is 0.135. The van der Waals surface area contributed by atoms with Crippen molar-refractivity contribution in [1.82, 2.24) is 15.0 Å². The number of nitrogen functional groups attached to an aromatic ring is 1. The van der Waals surface area contributed by atoms with Crippen molar-refractivity contribution in [1.29, 1.82) is 0 Å². The van der Waals surface area contributed by atoms with E-state index in [9.17, 15) is 0 Å². The van der Waals surface area contributed by atoms with Crippen LogP contribution in [0.3, 0.4) is 0 Å². The molecule has 1 aliphatic rings. The maximum Gasteiger partial charge on any atom is 0.149 e. The predicted octanol–water partition coefficient (Wildman–Crippen LogP) is 2.60. The van der Waals surface area contributed by atoms with E-state index in [1.807, 2.05) is 0 Å². The van der Waals surface area contributed by atoms with Gasteiger partial charge in [0.15, 0.2) is 0 Å². The molecule has 19 heavy (non-hydrogen) atoms. The van der Waals surface area contributed by atoms with E-state index in [-0.39, 0.29) is 0 Å². The number of nitrogens with zero attached hydrogens (tertiary/aromatic N) is 3. The summed E-state index contributed by atoms with van der Waals surface area (Å²) in [5, 5.41) is 2.31. The van der Waals surface area contributed by atoms with Gasteiger partial charge in [-0.2, -0.15) is 0 Å². The molecular weight excluding hydrogens is 238 g/mol. The fraction of sp³-hybridized carbons (Fsp3) is 0.714. The first-order chi connectivity index (χ1) is 9.13. The highest BCUT2D eigenvalue weighted by atomic mass is 15.5. The Balaban J connectivity index is 2.19. The minimum atomic E-state index is 0.523. The molecule has 5 heteroatoms. The van der Waals surface area contributed by atoms with E-state index in [0.717, 1.165) is 24.2 Å². The standard InChI is InChI=1S/C14H25N5/c1-4-6-12-13(15)16-9-17-14(12)18-19-10(2)7-5-8-11(19)3/h9-11H,4-8H2,1-3H3,(H3,15,16,17,18). The van der Waals surface area contributed by atoms with Crippen LogP contribution in [-0.2, 0) is 6.42 Å². The van der Waals surface area contributed by atoms with Gasteiger partial charge in [0.1, 0.15) is 18.0 Å². The van der Waals surface area contributed by atoms with Crippen LogP contribution in [0.2, 0.25) is 0 Å². The van der Waals surface area contributed by atoms with Gasteiger partial charge in [0, 0.05) is 17.6 Å². The average Bonchev–Trinajstić information content (AvgIpc) is 2.38. The number of nitrogens with two attached hydrogens (primary N) is 1. The monoisotopic (exact) mass is 263 g/mol. The molecule has 1 saturated heterocycles. The normalized spacial score (nSPS) is 24.4. The number of anilines is 2. The zero-order chi connectivity index (χ0) is 13.8. The van der Waals surface area contributed by atoms with Crippen LogP contribution < -0.4 is 11.2 Å². The fourth-order valence-electron chi connectivity index (χ4n) is 2.78. The van der Waals surface area contributed by atoms with E-state index in [1.165, 1.54) is 25.6 Å². The van der Waals surface area contributed by atoms with Crippen LogP contribution >= 0.6 is 0 Å². The van der Waals surface area contributed by atoms with E-state index >= 15 is 0 Å². The van der Waals surface area contributed by atoms with Gasteiger partial charge in [0.05, 0.1) is 0 Å². The van der Waals surface area contributed by atoms with Crippen molar-refractivity contribution in [2.45, 2.75) is 65.0 Å². The van der Waals surface area contributed by atoms with Crippen LogP contribution in [-0.4, -0.2) is 27.1 Å². The molecule has 0 aromatic carbocycles. The summed E-state index contributed by atoms with van der Waals surface area (Å²) in [5.74, 6) is 1.46. The molecule has 0 radical (unpaired) electrons. The Morgan fingerprint density at radius 1 is 1.32 bits per heavy atom. The molecule has 2 heterocycles. The number of rotatable bonds is 4. The van der Waals surface area contributed by atoms with Crippen molar-refractivity contribution in [2.24, 2.45) is 0 Å². The third kappa shape index (κ3) is 3.15. The van der Waals surface area contributed by atoms with Gasteiger partial charge in [-0.15, -0.1) is 0 Å². The number of piperidine rings is 1. The summed E-state index contributed by atoms with van der Waals surface area (Å²) in [4.78, 5) is 8.47. The summed E-state index contributed by atoms with van der Waals surface area (Å²) < 4.78 is 0. The maximum atomic E-state index is 5.97. The molecule has 1 aromatic rings. The second-order valence-electron chi connectivity index (χ2n) is 5.48. The Kier molecular flexibility index (Phi) is 4.58. The van der Waals surface area contributed by atoms with Crippen molar-refractivity contribution >= 4 is 11.6 Å². The number of hydrogen-bond donors (Lipinski definition) is 2. The summed E-state index contributed by atoms with van der Waals surface area (Å²) in [5.41, 5.74) is 10.5. The summed E-state index contributed by atoms with van der Waals surface area (Å²) >= 11 is 0. The molecular formula is C14H25N5. The molecule has 1 fully saturated rings. The first-order valence-corrected chi connectivity index (χ1v) is 7.27. The van der Waals surface area contributed by atoms with Crippen molar-refractivity contribution in [3.63, 3.8) is 0 Å². The minimum Gasteiger partial charge on any atom is -0.383 e. The first kappa shape index (κ1) is 14.1. The van der Waals surface area contributed by atoms with Crippen LogP contribution in [0.25, 0.3) is 0 Å². The zero-order valence-corrected chi connectivity index (χ0v) is 12.2. The SMILES string of the molecule is CCCc1c(N)ncnc1NN1C(C)CCCC1C. The van der Waals surface area contributed by atoms with Gasteiger partial charge in [0.25, 0.3) is 0 Å². The lowest BCUT2D eigenvalue weighted by Crippen LogP contribution is -2.47. The number of nitrogens with one attached hydrogen (secondary N) is 1. The Labute approximate surface area is 115 Å². The molecule has 2 atom stereocenters. The van der Waals surface area contributed by atoms with Crippen LogP contribution in [0.1, 0.15) is 52.0 Å². The van der Waals surface area contributed by atoms with Crippen LogP contribution in [0.4, 0.5) is 11.6 Å². The third-order valence-corrected chi connectivity index (χ3v) is 3.91. The van der Waals surface area contributed by atoms with Crippen molar-refractivity contribution < 1.29 is 0 Å². The van der Waals surface area contributed by atoms with E-state index in [2.05, 4.69) is 41.2 Å².